The highest BCUT2D eigenvalue weighted by Crippen LogP contribution is 2.61. The molecule has 0 bridgehead atoms. The van der Waals surface area contributed by atoms with Gasteiger partial charge in [-0.3, -0.25) is 4.79 Å². The van der Waals surface area contributed by atoms with Crippen molar-refractivity contribution in [2.24, 2.45) is 17.3 Å². The summed E-state index contributed by atoms with van der Waals surface area (Å²) in [6.07, 6.45) is 5.82. The van der Waals surface area contributed by atoms with E-state index in [0.717, 1.165) is 58.2 Å². The van der Waals surface area contributed by atoms with Gasteiger partial charge in [0.1, 0.15) is 12.0 Å². The van der Waals surface area contributed by atoms with Crippen molar-refractivity contribution in [2.45, 2.75) is 81.9 Å². The van der Waals surface area contributed by atoms with Crippen LogP contribution in [-0.4, -0.2) is 74.1 Å². The lowest BCUT2D eigenvalue weighted by Crippen LogP contribution is -3.14. The topological polar surface area (TPSA) is 78.7 Å². The zero-order chi connectivity index (χ0) is 21.2. The van der Waals surface area contributed by atoms with Crippen LogP contribution in [0, 0.1) is 17.3 Å². The maximum Gasteiger partial charge on any atom is 0.315 e. The van der Waals surface area contributed by atoms with E-state index in [1.165, 1.54) is 4.90 Å². The summed E-state index contributed by atoms with van der Waals surface area (Å²) in [6.45, 7) is 8.24. The summed E-state index contributed by atoms with van der Waals surface area (Å²) in [6, 6.07) is 0. The van der Waals surface area contributed by atoms with Crippen LogP contribution in [-0.2, 0) is 23.7 Å². The lowest BCUT2D eigenvalue weighted by molar-refractivity contribution is -0.911. The van der Waals surface area contributed by atoms with Crippen LogP contribution in [0.4, 0.5) is 0 Å². The number of esters is 1. The summed E-state index contributed by atoms with van der Waals surface area (Å²) in [5, 5.41) is 12.0. The molecule has 0 amide bonds. The Morgan fingerprint density at radius 1 is 1.10 bits per heavy atom. The van der Waals surface area contributed by atoms with Crippen LogP contribution < -0.4 is 4.90 Å². The normalized spacial score (nSPS) is 48.4. The summed E-state index contributed by atoms with van der Waals surface area (Å²) in [7, 11) is 1.71. The molecule has 3 aliphatic heterocycles. The Kier molecular flexibility index (Phi) is 5.03. The molecule has 1 spiro atoms. The Morgan fingerprint density at radius 2 is 1.80 bits per heavy atom. The number of ether oxygens (including phenoxy) is 4. The first kappa shape index (κ1) is 21.1. The van der Waals surface area contributed by atoms with Gasteiger partial charge in [-0.1, -0.05) is 6.92 Å². The number of aliphatic hydroxyl groups is 1. The van der Waals surface area contributed by atoms with Crippen molar-refractivity contribution >= 4 is 5.97 Å². The Morgan fingerprint density at radius 3 is 2.47 bits per heavy atom. The number of methoxy groups -OCH3 is 1. The number of rotatable bonds is 3. The molecule has 0 aromatic heterocycles. The molecule has 30 heavy (non-hydrogen) atoms. The number of piperidine rings is 1. The second-order valence-electron chi connectivity index (χ2n) is 10.9. The Balaban J connectivity index is 1.32. The Hall–Kier alpha value is -0.730. The molecule has 0 aromatic carbocycles. The molecule has 3 heterocycles. The van der Waals surface area contributed by atoms with E-state index in [2.05, 4.69) is 6.92 Å². The van der Waals surface area contributed by atoms with Crippen LogP contribution in [0.3, 0.4) is 0 Å². The minimum Gasteiger partial charge on any atom is -0.462 e. The predicted octanol–water partition coefficient (Wildman–Crippen LogP) is 0.686. The van der Waals surface area contributed by atoms with Crippen LogP contribution in [0.1, 0.15) is 58.8 Å². The quantitative estimate of drug-likeness (QED) is 0.649. The highest BCUT2D eigenvalue weighted by Gasteiger charge is 2.68. The van der Waals surface area contributed by atoms with E-state index in [-0.39, 0.29) is 35.1 Å². The standard InChI is InChI=1S/C23H37NO6/c1-20-5-4-6-21(2,27-3)23(20,26)13-16-17(19(25)30-18(16)14-20)15-24-9-7-22(8-10-24)28-11-12-29-22/h16-18,26H,4-15H2,1-3H3/p+1/t16-,17-,18+,20-,21-,23-/m0/s1. The zero-order valence-corrected chi connectivity index (χ0v) is 18.7. The van der Waals surface area contributed by atoms with Crippen molar-refractivity contribution in [1.29, 1.82) is 0 Å². The first-order valence-corrected chi connectivity index (χ1v) is 11.8. The second-order valence-corrected chi connectivity index (χ2v) is 10.9. The van der Waals surface area contributed by atoms with E-state index in [0.29, 0.717) is 19.6 Å². The molecule has 2 aliphatic carbocycles. The molecule has 0 aromatic rings. The summed E-state index contributed by atoms with van der Waals surface area (Å²) in [5.74, 6) is -0.547. The summed E-state index contributed by atoms with van der Waals surface area (Å²) in [5.41, 5.74) is -1.80. The van der Waals surface area contributed by atoms with Gasteiger partial charge in [0.25, 0.3) is 0 Å². The molecule has 7 nitrogen and oxygen atoms in total. The number of carbonyl (C=O) groups is 1. The zero-order valence-electron chi connectivity index (χ0n) is 18.7. The predicted molar refractivity (Wildman–Crippen MR) is 108 cm³/mol. The molecule has 5 aliphatic rings. The number of fused-ring (bicyclic) bond motifs is 2. The molecule has 0 radical (unpaired) electrons. The smallest absolute Gasteiger partial charge is 0.315 e. The van der Waals surface area contributed by atoms with Crippen molar-refractivity contribution in [3.05, 3.63) is 0 Å². The maximum absolute atomic E-state index is 12.9. The van der Waals surface area contributed by atoms with E-state index in [1.54, 1.807) is 7.11 Å². The monoisotopic (exact) mass is 424 g/mol. The fourth-order valence-corrected chi connectivity index (χ4v) is 7.40. The van der Waals surface area contributed by atoms with E-state index in [9.17, 15) is 9.90 Å². The molecule has 2 N–H and O–H groups in total. The highest BCUT2D eigenvalue weighted by molar-refractivity contribution is 5.75. The number of quaternary nitrogens is 1. The van der Waals surface area contributed by atoms with Crippen molar-refractivity contribution in [2.75, 3.05) is 40.0 Å². The number of hydrogen-bond acceptors (Lipinski definition) is 6. The van der Waals surface area contributed by atoms with Crippen molar-refractivity contribution in [3.8, 4) is 0 Å². The van der Waals surface area contributed by atoms with Crippen LogP contribution in [0.5, 0.6) is 0 Å². The van der Waals surface area contributed by atoms with Crippen LogP contribution in [0.15, 0.2) is 0 Å². The molecule has 5 rings (SSSR count). The van der Waals surface area contributed by atoms with Gasteiger partial charge < -0.3 is 29.0 Å². The van der Waals surface area contributed by atoms with Gasteiger partial charge >= 0.3 is 5.97 Å². The SMILES string of the molecule is CO[C@@]1(C)CCC[C@@]2(C)C[C@H]3OC(=O)[C@@H](C[NH+]4CCC5(CC4)OCCO5)[C@@H]3C[C@]21O. The van der Waals surface area contributed by atoms with Gasteiger partial charge in [-0.25, -0.2) is 0 Å². The largest absolute Gasteiger partial charge is 0.462 e. The van der Waals surface area contributed by atoms with Gasteiger partial charge in [0.2, 0.25) is 0 Å². The summed E-state index contributed by atoms with van der Waals surface area (Å²) < 4.78 is 23.5. The minimum absolute atomic E-state index is 0.0607. The van der Waals surface area contributed by atoms with E-state index >= 15 is 0 Å². The molecule has 2 saturated carbocycles. The average molecular weight is 425 g/mol. The van der Waals surface area contributed by atoms with Crippen LogP contribution in [0.2, 0.25) is 0 Å². The highest BCUT2D eigenvalue weighted by atomic mass is 16.7. The maximum atomic E-state index is 12.9. The average Bonchev–Trinajstić information content (AvgIpc) is 3.28. The van der Waals surface area contributed by atoms with Crippen molar-refractivity contribution < 1.29 is 33.7 Å². The fourth-order valence-electron chi connectivity index (χ4n) is 7.40. The van der Waals surface area contributed by atoms with Crippen LogP contribution in [0.25, 0.3) is 0 Å². The number of carbonyl (C=O) groups excluding carboxylic acids is 1. The van der Waals surface area contributed by atoms with Gasteiger partial charge in [-0.05, 0) is 39.0 Å². The van der Waals surface area contributed by atoms with E-state index < -0.39 is 11.2 Å². The molecule has 6 atom stereocenters. The van der Waals surface area contributed by atoms with Gasteiger partial charge in [-0.2, -0.15) is 0 Å². The van der Waals surface area contributed by atoms with Crippen molar-refractivity contribution in [3.63, 3.8) is 0 Å². The lowest BCUT2D eigenvalue weighted by atomic mass is 9.49. The molecule has 5 fully saturated rings. The third kappa shape index (κ3) is 2.99. The molecule has 170 valence electrons. The molecular formula is C23H38NO6+. The second kappa shape index (κ2) is 7.14. The van der Waals surface area contributed by atoms with Gasteiger partial charge in [-0.15, -0.1) is 0 Å². The number of hydrogen-bond donors (Lipinski definition) is 2. The van der Waals surface area contributed by atoms with Crippen LogP contribution >= 0.6 is 0 Å². The third-order valence-corrected chi connectivity index (χ3v) is 9.49. The Labute approximate surface area is 179 Å². The van der Waals surface area contributed by atoms with Gasteiger partial charge in [0.15, 0.2) is 5.79 Å². The lowest BCUT2D eigenvalue weighted by Gasteiger charge is -2.61. The number of nitrogens with one attached hydrogen (secondary N) is 1. The summed E-state index contributed by atoms with van der Waals surface area (Å²) in [4.78, 5) is 14.3. The molecule has 7 heteroatoms. The van der Waals surface area contributed by atoms with E-state index in [1.807, 2.05) is 6.92 Å². The van der Waals surface area contributed by atoms with Gasteiger partial charge in [0.05, 0.1) is 56.9 Å². The third-order valence-electron chi connectivity index (χ3n) is 9.49. The first-order chi connectivity index (χ1) is 14.2. The summed E-state index contributed by atoms with van der Waals surface area (Å²) >= 11 is 0. The fraction of sp³-hybridized carbons (Fsp3) is 0.957. The number of likely N-dealkylation sites (tertiary alicyclic amines) is 1. The van der Waals surface area contributed by atoms with E-state index in [4.69, 9.17) is 18.9 Å². The molecule has 0 unspecified atom stereocenters. The van der Waals surface area contributed by atoms with Crippen molar-refractivity contribution in [1.82, 2.24) is 0 Å². The first-order valence-electron chi connectivity index (χ1n) is 11.8. The molecule has 3 saturated heterocycles. The van der Waals surface area contributed by atoms with Gasteiger partial charge in [0, 0.05) is 18.4 Å². The minimum atomic E-state index is -0.937. The Bertz CT molecular complexity index is 685. The molecular weight excluding hydrogens is 386 g/mol.